The third-order valence-corrected chi connectivity index (χ3v) is 3.93. The molecule has 1 saturated heterocycles. The summed E-state index contributed by atoms with van der Waals surface area (Å²) in [5.41, 5.74) is 0.803. The minimum absolute atomic E-state index is 0.0375. The number of hydrogen-bond donors (Lipinski definition) is 2. The predicted octanol–water partition coefficient (Wildman–Crippen LogP) is 1.05. The third-order valence-electron chi connectivity index (χ3n) is 3.93. The predicted molar refractivity (Wildman–Crippen MR) is 91.8 cm³/mol. The topological polar surface area (TPSA) is 129 Å². The van der Waals surface area contributed by atoms with Crippen molar-refractivity contribution < 1.29 is 10.0 Å². The zero-order chi connectivity index (χ0) is 18.2. The lowest BCUT2D eigenvalue weighted by atomic mass is 10.2. The van der Waals surface area contributed by atoms with Crippen LogP contribution in [0.2, 0.25) is 0 Å². The summed E-state index contributed by atoms with van der Waals surface area (Å²) in [5.74, 6) is 0. The molecule has 1 aromatic rings. The summed E-state index contributed by atoms with van der Waals surface area (Å²) in [4.78, 5) is 15.0. The lowest BCUT2D eigenvalue weighted by Gasteiger charge is -2.35. The molecular weight excluding hydrogens is 324 g/mol. The van der Waals surface area contributed by atoms with E-state index in [4.69, 9.17) is 15.6 Å². The first-order chi connectivity index (χ1) is 12.1. The second-order valence-electron chi connectivity index (χ2n) is 5.44. The van der Waals surface area contributed by atoms with Crippen LogP contribution in [0.3, 0.4) is 0 Å². The van der Waals surface area contributed by atoms with E-state index in [1.54, 1.807) is 24.3 Å². The number of hydrogen-bond acceptors (Lipinski definition) is 8. The summed E-state index contributed by atoms with van der Waals surface area (Å²) in [7, 11) is 0. The molecule has 9 heteroatoms. The molecule has 1 fully saturated rings. The molecule has 0 saturated carbocycles. The van der Waals surface area contributed by atoms with Gasteiger partial charge in [-0.25, -0.2) is 0 Å². The van der Waals surface area contributed by atoms with Gasteiger partial charge in [-0.1, -0.05) is 0 Å². The number of nitriles is 2. The Hall–Kier alpha value is -3.14. The van der Waals surface area contributed by atoms with E-state index < -0.39 is 4.92 Å². The SMILES string of the molecule is N#CC(C#N)=CNc1ccc(N2CCN(CCO)CC2)c([N+](=O)[O-])c1. The number of β-amino-alcohol motifs (C(OH)–C–C–N with tert-alkyl or cyclic N) is 1. The Labute approximate surface area is 145 Å². The minimum atomic E-state index is -0.445. The molecule has 0 atom stereocenters. The molecule has 2 rings (SSSR count). The fourth-order valence-corrected chi connectivity index (χ4v) is 2.63. The van der Waals surface area contributed by atoms with Gasteiger partial charge in [0.15, 0.2) is 0 Å². The number of nitrogens with zero attached hydrogens (tertiary/aromatic N) is 5. The van der Waals surface area contributed by atoms with E-state index in [1.165, 1.54) is 12.3 Å². The maximum absolute atomic E-state index is 11.4. The van der Waals surface area contributed by atoms with Gasteiger partial charge in [-0.3, -0.25) is 15.0 Å². The maximum Gasteiger partial charge on any atom is 0.294 e. The molecule has 1 heterocycles. The van der Waals surface area contributed by atoms with Gasteiger partial charge in [-0.05, 0) is 12.1 Å². The summed E-state index contributed by atoms with van der Waals surface area (Å²) in [5, 5.41) is 40.5. The second-order valence-corrected chi connectivity index (χ2v) is 5.44. The first-order valence-corrected chi connectivity index (χ1v) is 7.72. The maximum atomic E-state index is 11.4. The van der Waals surface area contributed by atoms with Crippen molar-refractivity contribution in [3.8, 4) is 12.1 Å². The number of nitrogens with one attached hydrogen (secondary N) is 1. The molecule has 0 unspecified atom stereocenters. The Bertz CT molecular complexity index is 725. The molecule has 0 aliphatic carbocycles. The zero-order valence-corrected chi connectivity index (χ0v) is 13.6. The molecule has 0 amide bonds. The largest absolute Gasteiger partial charge is 0.395 e. The number of nitro benzene ring substituents is 1. The minimum Gasteiger partial charge on any atom is -0.395 e. The quantitative estimate of drug-likeness (QED) is 0.446. The van der Waals surface area contributed by atoms with Crippen molar-refractivity contribution in [3.05, 3.63) is 40.1 Å². The summed E-state index contributed by atoms with van der Waals surface area (Å²) in [6.45, 7) is 3.44. The zero-order valence-electron chi connectivity index (χ0n) is 13.6. The smallest absolute Gasteiger partial charge is 0.294 e. The Morgan fingerprint density at radius 3 is 2.56 bits per heavy atom. The summed E-state index contributed by atoms with van der Waals surface area (Å²) >= 11 is 0. The fraction of sp³-hybridized carbons (Fsp3) is 0.375. The van der Waals surface area contributed by atoms with E-state index in [2.05, 4.69) is 10.2 Å². The van der Waals surface area contributed by atoms with E-state index in [0.29, 0.717) is 31.0 Å². The normalized spacial score (nSPS) is 14.3. The van der Waals surface area contributed by atoms with Crippen molar-refractivity contribution in [1.29, 1.82) is 10.5 Å². The van der Waals surface area contributed by atoms with Crippen molar-refractivity contribution in [2.75, 3.05) is 49.5 Å². The molecule has 1 aliphatic heterocycles. The highest BCUT2D eigenvalue weighted by atomic mass is 16.6. The highest BCUT2D eigenvalue weighted by molar-refractivity contribution is 5.70. The average Bonchev–Trinajstić information content (AvgIpc) is 2.63. The highest BCUT2D eigenvalue weighted by Gasteiger charge is 2.23. The summed E-state index contributed by atoms with van der Waals surface area (Å²) in [6, 6.07) is 8.14. The van der Waals surface area contributed by atoms with Gasteiger partial charge in [-0.15, -0.1) is 0 Å². The van der Waals surface area contributed by atoms with Crippen LogP contribution in [0, 0.1) is 32.8 Å². The van der Waals surface area contributed by atoms with Gasteiger partial charge < -0.3 is 15.3 Å². The van der Waals surface area contributed by atoms with Crippen molar-refractivity contribution in [2.45, 2.75) is 0 Å². The van der Waals surface area contributed by atoms with Crippen LogP contribution < -0.4 is 10.2 Å². The van der Waals surface area contributed by atoms with E-state index in [1.807, 2.05) is 4.90 Å². The van der Waals surface area contributed by atoms with Gasteiger partial charge in [-0.2, -0.15) is 10.5 Å². The van der Waals surface area contributed by atoms with Crippen LogP contribution >= 0.6 is 0 Å². The molecule has 0 spiro atoms. The number of benzene rings is 1. The number of nitro groups is 1. The van der Waals surface area contributed by atoms with Gasteiger partial charge in [0, 0.05) is 50.7 Å². The van der Waals surface area contributed by atoms with E-state index in [9.17, 15) is 10.1 Å². The van der Waals surface area contributed by atoms with E-state index in [-0.39, 0.29) is 17.9 Å². The summed E-state index contributed by atoms with van der Waals surface area (Å²) in [6.07, 6.45) is 1.21. The monoisotopic (exact) mass is 342 g/mol. The number of rotatable bonds is 6. The number of anilines is 2. The van der Waals surface area contributed by atoms with Crippen LogP contribution in [-0.2, 0) is 0 Å². The highest BCUT2D eigenvalue weighted by Crippen LogP contribution is 2.31. The van der Waals surface area contributed by atoms with Gasteiger partial charge in [0.05, 0.1) is 11.5 Å². The first kappa shape index (κ1) is 18.2. The van der Waals surface area contributed by atoms with Crippen molar-refractivity contribution in [3.63, 3.8) is 0 Å². The standard InChI is InChI=1S/C16H18N6O3/c17-10-13(11-18)12-19-14-1-2-15(16(9-14)22(24)25)21-5-3-20(4-6-21)7-8-23/h1-2,9,12,19,23H,3-8H2. The Balaban J connectivity index is 2.17. The lowest BCUT2D eigenvalue weighted by Crippen LogP contribution is -2.47. The van der Waals surface area contributed by atoms with Crippen molar-refractivity contribution >= 4 is 17.1 Å². The van der Waals surface area contributed by atoms with Gasteiger partial charge in [0.25, 0.3) is 5.69 Å². The van der Waals surface area contributed by atoms with Crippen LogP contribution in [0.1, 0.15) is 0 Å². The third kappa shape index (κ3) is 4.67. The second kappa shape index (κ2) is 8.64. The fourth-order valence-electron chi connectivity index (χ4n) is 2.63. The Morgan fingerprint density at radius 2 is 2.00 bits per heavy atom. The molecule has 25 heavy (non-hydrogen) atoms. The van der Waals surface area contributed by atoms with Crippen molar-refractivity contribution in [1.82, 2.24) is 4.90 Å². The van der Waals surface area contributed by atoms with Gasteiger partial charge >= 0.3 is 0 Å². The average molecular weight is 342 g/mol. The van der Waals surface area contributed by atoms with Crippen LogP contribution in [0.15, 0.2) is 30.0 Å². The van der Waals surface area contributed by atoms with Crippen LogP contribution in [0.5, 0.6) is 0 Å². The molecule has 130 valence electrons. The first-order valence-electron chi connectivity index (χ1n) is 7.72. The van der Waals surface area contributed by atoms with Crippen molar-refractivity contribution in [2.24, 2.45) is 0 Å². The molecule has 0 radical (unpaired) electrons. The van der Waals surface area contributed by atoms with Crippen LogP contribution in [-0.4, -0.2) is 54.3 Å². The number of allylic oxidation sites excluding steroid dienone is 1. The van der Waals surface area contributed by atoms with Crippen LogP contribution in [0.25, 0.3) is 0 Å². The molecule has 9 nitrogen and oxygen atoms in total. The number of aliphatic hydroxyl groups excluding tert-OH is 1. The Morgan fingerprint density at radius 1 is 1.32 bits per heavy atom. The molecule has 0 aromatic heterocycles. The molecular formula is C16H18N6O3. The molecule has 1 aliphatic rings. The molecule has 0 bridgehead atoms. The number of piperazine rings is 1. The van der Waals surface area contributed by atoms with Gasteiger partial charge in [0.2, 0.25) is 0 Å². The van der Waals surface area contributed by atoms with Gasteiger partial charge in [0.1, 0.15) is 23.4 Å². The van der Waals surface area contributed by atoms with Crippen LogP contribution in [0.4, 0.5) is 17.1 Å². The molecule has 1 aromatic carbocycles. The van der Waals surface area contributed by atoms with E-state index >= 15 is 0 Å². The summed E-state index contributed by atoms with van der Waals surface area (Å²) < 4.78 is 0. The molecule has 2 N–H and O–H groups in total. The lowest BCUT2D eigenvalue weighted by molar-refractivity contribution is -0.384. The van der Waals surface area contributed by atoms with E-state index in [0.717, 1.165) is 13.1 Å². The Kier molecular flexibility index (Phi) is 6.29. The number of aliphatic hydroxyl groups is 1.